The molecule has 116 valence electrons. The second-order valence-electron chi connectivity index (χ2n) is 5.71. The highest BCUT2D eigenvalue weighted by Gasteiger charge is 2.23. The molecule has 1 amide bonds. The fraction of sp³-hybridized carbons (Fsp3) is 0.267. The third-order valence-corrected chi connectivity index (χ3v) is 3.26. The highest BCUT2D eigenvalue weighted by atomic mass is 79.9. The van der Waals surface area contributed by atoms with Gasteiger partial charge < -0.3 is 4.74 Å². The van der Waals surface area contributed by atoms with Crippen LogP contribution >= 0.6 is 15.9 Å². The lowest BCUT2D eigenvalue weighted by atomic mass is 10.1. The number of amides is 1. The predicted molar refractivity (Wildman–Crippen MR) is 88.2 cm³/mol. The quantitative estimate of drug-likeness (QED) is 0.607. The summed E-state index contributed by atoms with van der Waals surface area (Å²) in [5.74, 6) is 0. The molecule has 0 aliphatic heterocycles. The van der Waals surface area contributed by atoms with Crippen LogP contribution in [0.1, 0.15) is 20.8 Å². The van der Waals surface area contributed by atoms with Crippen LogP contribution in [0.2, 0.25) is 0 Å². The smallest absolute Gasteiger partial charge is 0.412 e. The summed E-state index contributed by atoms with van der Waals surface area (Å²) >= 11 is 3.33. The lowest BCUT2D eigenvalue weighted by molar-refractivity contribution is -0.382. The second kappa shape index (κ2) is 5.92. The number of ether oxygens (including phenoxy) is 1. The molecule has 0 aliphatic rings. The SMILES string of the molecule is CC(C)(C)OC(=O)Nc1ccc2cc(Br)ccc2c1[N+](=O)[O-]. The van der Waals surface area contributed by atoms with E-state index in [9.17, 15) is 14.9 Å². The van der Waals surface area contributed by atoms with Crippen molar-refractivity contribution in [3.63, 3.8) is 0 Å². The van der Waals surface area contributed by atoms with E-state index in [1.54, 1.807) is 45.0 Å². The fourth-order valence-electron chi connectivity index (χ4n) is 2.00. The van der Waals surface area contributed by atoms with Crippen LogP contribution in [-0.4, -0.2) is 16.6 Å². The number of carbonyl (C=O) groups is 1. The molecule has 2 aromatic carbocycles. The molecule has 1 N–H and O–H groups in total. The number of carbonyl (C=O) groups excluding carboxylic acids is 1. The minimum atomic E-state index is -0.730. The van der Waals surface area contributed by atoms with E-state index in [2.05, 4.69) is 21.2 Å². The van der Waals surface area contributed by atoms with Gasteiger partial charge in [-0.05, 0) is 50.4 Å². The van der Waals surface area contributed by atoms with Gasteiger partial charge in [-0.3, -0.25) is 15.4 Å². The summed E-state index contributed by atoms with van der Waals surface area (Å²) in [7, 11) is 0. The molecule has 0 saturated carbocycles. The first-order valence-corrected chi connectivity index (χ1v) is 7.33. The van der Waals surface area contributed by atoms with Crippen molar-refractivity contribution in [1.82, 2.24) is 0 Å². The Hall–Kier alpha value is -2.15. The number of nitrogens with zero attached hydrogens (tertiary/aromatic N) is 1. The third kappa shape index (κ3) is 3.73. The van der Waals surface area contributed by atoms with Gasteiger partial charge in [0.1, 0.15) is 11.3 Å². The lowest BCUT2D eigenvalue weighted by Gasteiger charge is -2.19. The summed E-state index contributed by atoms with van der Waals surface area (Å²) in [4.78, 5) is 22.7. The topological polar surface area (TPSA) is 81.5 Å². The summed E-state index contributed by atoms with van der Waals surface area (Å²) in [6.07, 6.45) is -0.730. The van der Waals surface area contributed by atoms with Gasteiger partial charge in [0.25, 0.3) is 0 Å². The maximum atomic E-state index is 11.8. The Morgan fingerprint density at radius 2 is 1.95 bits per heavy atom. The molecule has 0 radical (unpaired) electrons. The summed E-state index contributed by atoms with van der Waals surface area (Å²) < 4.78 is 5.95. The highest BCUT2D eigenvalue weighted by molar-refractivity contribution is 9.10. The molecule has 0 fully saturated rings. The van der Waals surface area contributed by atoms with Crippen LogP contribution < -0.4 is 5.32 Å². The molecular weight excluding hydrogens is 352 g/mol. The van der Waals surface area contributed by atoms with Crippen LogP contribution in [0.15, 0.2) is 34.8 Å². The summed E-state index contributed by atoms with van der Waals surface area (Å²) in [5.41, 5.74) is -0.731. The van der Waals surface area contributed by atoms with Gasteiger partial charge in [0.15, 0.2) is 0 Å². The first kappa shape index (κ1) is 16.2. The fourth-order valence-corrected chi connectivity index (χ4v) is 2.37. The van der Waals surface area contributed by atoms with Crippen LogP contribution in [-0.2, 0) is 4.74 Å². The molecule has 0 spiro atoms. The molecule has 22 heavy (non-hydrogen) atoms. The van der Waals surface area contributed by atoms with Crippen molar-refractivity contribution in [2.75, 3.05) is 5.32 Å². The van der Waals surface area contributed by atoms with Gasteiger partial charge in [-0.1, -0.05) is 22.0 Å². The zero-order valence-electron chi connectivity index (χ0n) is 12.3. The monoisotopic (exact) mass is 366 g/mol. The van der Waals surface area contributed by atoms with Crippen molar-refractivity contribution in [2.45, 2.75) is 26.4 Å². The van der Waals surface area contributed by atoms with Crippen molar-refractivity contribution < 1.29 is 14.5 Å². The van der Waals surface area contributed by atoms with Gasteiger partial charge >= 0.3 is 11.8 Å². The van der Waals surface area contributed by atoms with Gasteiger partial charge in [0.2, 0.25) is 0 Å². The number of nitro benzene ring substituents is 1. The first-order valence-electron chi connectivity index (χ1n) is 6.54. The van der Waals surface area contributed by atoms with Gasteiger partial charge in [0.05, 0.1) is 10.3 Å². The predicted octanol–water partition coefficient (Wildman–Crippen LogP) is 4.86. The minimum absolute atomic E-state index is 0.106. The normalized spacial score (nSPS) is 11.3. The minimum Gasteiger partial charge on any atom is -0.444 e. The first-order chi connectivity index (χ1) is 10.2. The van der Waals surface area contributed by atoms with Crippen LogP contribution in [0, 0.1) is 10.1 Å². The van der Waals surface area contributed by atoms with E-state index < -0.39 is 16.6 Å². The van der Waals surface area contributed by atoms with Crippen molar-refractivity contribution in [3.8, 4) is 0 Å². The number of anilines is 1. The average Bonchev–Trinajstić information content (AvgIpc) is 2.35. The van der Waals surface area contributed by atoms with Crippen LogP contribution in [0.25, 0.3) is 10.8 Å². The molecule has 6 nitrogen and oxygen atoms in total. The van der Waals surface area contributed by atoms with E-state index in [-0.39, 0.29) is 11.4 Å². The molecule has 0 atom stereocenters. The number of nitro groups is 1. The van der Waals surface area contributed by atoms with Gasteiger partial charge in [-0.15, -0.1) is 0 Å². The number of hydrogen-bond acceptors (Lipinski definition) is 4. The van der Waals surface area contributed by atoms with E-state index in [1.165, 1.54) is 6.07 Å². The van der Waals surface area contributed by atoms with Crippen molar-refractivity contribution in [1.29, 1.82) is 0 Å². The van der Waals surface area contributed by atoms with Crippen molar-refractivity contribution in [3.05, 3.63) is 44.9 Å². The van der Waals surface area contributed by atoms with Crippen LogP contribution in [0.3, 0.4) is 0 Å². The number of rotatable bonds is 2. The van der Waals surface area contributed by atoms with Gasteiger partial charge in [-0.2, -0.15) is 0 Å². The summed E-state index contributed by atoms with van der Waals surface area (Å²) in [6.45, 7) is 5.16. The zero-order chi connectivity index (χ0) is 16.5. The molecule has 0 aliphatic carbocycles. The third-order valence-electron chi connectivity index (χ3n) is 2.77. The maximum absolute atomic E-state index is 11.8. The molecule has 2 aromatic rings. The Balaban J connectivity index is 2.46. The Kier molecular flexibility index (Phi) is 4.37. The Labute approximate surface area is 135 Å². The number of halogens is 1. The summed E-state index contributed by atoms with van der Waals surface area (Å²) in [6, 6.07) is 8.33. The van der Waals surface area contributed by atoms with Crippen molar-refractivity contribution >= 4 is 44.2 Å². The molecule has 0 heterocycles. The van der Waals surface area contributed by atoms with E-state index in [0.717, 1.165) is 4.47 Å². The molecule has 0 aromatic heterocycles. The summed E-state index contributed by atoms with van der Waals surface area (Å²) in [5, 5.41) is 15.0. The standard InChI is InChI=1S/C15H15BrN2O4/c1-15(2,3)22-14(19)17-12-7-4-9-8-10(16)5-6-11(9)13(12)18(20)21/h4-8H,1-3H3,(H,17,19). The molecule has 0 bridgehead atoms. The lowest BCUT2D eigenvalue weighted by Crippen LogP contribution is -2.27. The van der Waals surface area contributed by atoms with Crippen LogP contribution in [0.5, 0.6) is 0 Å². The zero-order valence-corrected chi connectivity index (χ0v) is 13.9. The molecule has 0 unspecified atom stereocenters. The average molecular weight is 367 g/mol. The van der Waals surface area contributed by atoms with Gasteiger partial charge in [0, 0.05) is 4.47 Å². The molecule has 7 heteroatoms. The number of nitrogens with one attached hydrogen (secondary N) is 1. The van der Waals surface area contributed by atoms with Gasteiger partial charge in [-0.25, -0.2) is 4.79 Å². The van der Waals surface area contributed by atoms with E-state index in [4.69, 9.17) is 4.74 Å². The number of hydrogen-bond donors (Lipinski definition) is 1. The van der Waals surface area contributed by atoms with E-state index in [0.29, 0.717) is 10.8 Å². The highest BCUT2D eigenvalue weighted by Crippen LogP contribution is 2.35. The Morgan fingerprint density at radius 3 is 2.55 bits per heavy atom. The van der Waals surface area contributed by atoms with Crippen LogP contribution in [0.4, 0.5) is 16.2 Å². The largest absolute Gasteiger partial charge is 0.444 e. The van der Waals surface area contributed by atoms with Crippen molar-refractivity contribution in [2.24, 2.45) is 0 Å². The molecular formula is C15H15BrN2O4. The van der Waals surface area contributed by atoms with E-state index >= 15 is 0 Å². The second-order valence-corrected chi connectivity index (χ2v) is 6.63. The molecule has 2 rings (SSSR count). The number of benzene rings is 2. The number of fused-ring (bicyclic) bond motifs is 1. The van der Waals surface area contributed by atoms with E-state index in [1.807, 2.05) is 0 Å². The Bertz CT molecular complexity index is 753. The Morgan fingerprint density at radius 1 is 1.27 bits per heavy atom. The maximum Gasteiger partial charge on any atom is 0.412 e. The molecule has 0 saturated heterocycles.